The molecule has 1 aromatic carbocycles. The van der Waals surface area contributed by atoms with Gasteiger partial charge in [-0.15, -0.1) is 0 Å². The van der Waals surface area contributed by atoms with E-state index in [0.29, 0.717) is 11.3 Å². The van der Waals surface area contributed by atoms with Gasteiger partial charge in [-0.3, -0.25) is 10.1 Å². The minimum absolute atomic E-state index is 0.101. The lowest BCUT2D eigenvalue weighted by atomic mass is 10.1. The van der Waals surface area contributed by atoms with Crippen LogP contribution in [0.25, 0.3) is 0 Å². The average molecular weight is 278 g/mol. The molecule has 1 fully saturated rings. The predicted molar refractivity (Wildman–Crippen MR) is 79.0 cm³/mol. The number of rotatable bonds is 3. The Balaban J connectivity index is 2.31. The SMILES string of the molecule is C[C@H](O)c1ccc(N2CCCCCCC2)c([N+](=O)[O-])c1. The number of aliphatic hydroxyl groups is 1. The van der Waals surface area contributed by atoms with Crippen molar-refractivity contribution in [3.05, 3.63) is 33.9 Å². The number of aliphatic hydroxyl groups excluding tert-OH is 1. The van der Waals surface area contributed by atoms with E-state index >= 15 is 0 Å². The average Bonchev–Trinajstić information content (AvgIpc) is 2.37. The molecule has 0 aliphatic carbocycles. The first-order chi connectivity index (χ1) is 9.59. The molecule has 110 valence electrons. The molecule has 2 rings (SSSR count). The monoisotopic (exact) mass is 278 g/mol. The van der Waals surface area contributed by atoms with E-state index in [0.717, 1.165) is 25.9 Å². The first kappa shape index (κ1) is 14.8. The van der Waals surface area contributed by atoms with Crippen molar-refractivity contribution in [3.63, 3.8) is 0 Å². The molecule has 1 aliphatic rings. The Morgan fingerprint density at radius 1 is 1.20 bits per heavy atom. The Morgan fingerprint density at radius 2 is 1.80 bits per heavy atom. The van der Waals surface area contributed by atoms with Crippen molar-refractivity contribution in [1.29, 1.82) is 0 Å². The lowest BCUT2D eigenvalue weighted by molar-refractivity contribution is -0.384. The molecule has 1 aliphatic heterocycles. The fourth-order valence-corrected chi connectivity index (χ4v) is 2.70. The highest BCUT2D eigenvalue weighted by molar-refractivity contribution is 5.64. The molecular formula is C15H22N2O3. The summed E-state index contributed by atoms with van der Waals surface area (Å²) in [6, 6.07) is 5.06. The fraction of sp³-hybridized carbons (Fsp3) is 0.600. The Labute approximate surface area is 119 Å². The van der Waals surface area contributed by atoms with Gasteiger partial charge in [0, 0.05) is 19.2 Å². The highest BCUT2D eigenvalue weighted by Crippen LogP contribution is 2.32. The van der Waals surface area contributed by atoms with Gasteiger partial charge in [0.1, 0.15) is 5.69 Å². The summed E-state index contributed by atoms with van der Waals surface area (Å²) in [5.41, 5.74) is 1.37. The standard InChI is InChI=1S/C15H22N2O3/c1-12(18)13-7-8-14(15(11-13)17(19)20)16-9-5-3-2-4-6-10-16/h7-8,11-12,18H,2-6,9-10H2,1H3/t12-/m0/s1. The molecule has 0 saturated carbocycles. The van der Waals surface area contributed by atoms with Crippen molar-refractivity contribution in [2.24, 2.45) is 0 Å². The molecule has 0 spiro atoms. The van der Waals surface area contributed by atoms with Crippen LogP contribution in [0.5, 0.6) is 0 Å². The minimum Gasteiger partial charge on any atom is -0.389 e. The second-order valence-electron chi connectivity index (χ2n) is 5.44. The van der Waals surface area contributed by atoms with Crippen LogP contribution in [0.15, 0.2) is 18.2 Å². The Morgan fingerprint density at radius 3 is 2.35 bits per heavy atom. The predicted octanol–water partition coefficient (Wildman–Crippen LogP) is 3.42. The zero-order valence-electron chi connectivity index (χ0n) is 11.9. The van der Waals surface area contributed by atoms with Crippen molar-refractivity contribution in [1.82, 2.24) is 0 Å². The van der Waals surface area contributed by atoms with Gasteiger partial charge in [0.25, 0.3) is 5.69 Å². The number of hydrogen-bond donors (Lipinski definition) is 1. The maximum absolute atomic E-state index is 11.3. The molecule has 0 amide bonds. The summed E-state index contributed by atoms with van der Waals surface area (Å²) in [7, 11) is 0. The molecule has 0 aromatic heterocycles. The molecule has 0 bridgehead atoms. The van der Waals surface area contributed by atoms with E-state index in [4.69, 9.17) is 0 Å². The molecule has 1 heterocycles. The Hall–Kier alpha value is -1.62. The zero-order valence-corrected chi connectivity index (χ0v) is 11.9. The minimum atomic E-state index is -0.685. The zero-order chi connectivity index (χ0) is 14.5. The van der Waals surface area contributed by atoms with Crippen LogP contribution < -0.4 is 4.90 Å². The van der Waals surface area contributed by atoms with Gasteiger partial charge in [-0.1, -0.05) is 25.3 Å². The number of benzene rings is 1. The molecular weight excluding hydrogens is 256 g/mol. The van der Waals surface area contributed by atoms with E-state index in [2.05, 4.69) is 4.90 Å². The van der Waals surface area contributed by atoms with E-state index in [1.165, 1.54) is 25.3 Å². The summed E-state index contributed by atoms with van der Waals surface area (Å²) in [5, 5.41) is 20.9. The molecule has 20 heavy (non-hydrogen) atoms. The van der Waals surface area contributed by atoms with E-state index in [1.54, 1.807) is 19.1 Å². The maximum Gasteiger partial charge on any atom is 0.292 e. The van der Waals surface area contributed by atoms with Crippen LogP contribution in [0.1, 0.15) is 50.7 Å². The summed E-state index contributed by atoms with van der Waals surface area (Å²) in [5.74, 6) is 0. The molecule has 5 heteroatoms. The first-order valence-corrected chi connectivity index (χ1v) is 7.31. The highest BCUT2D eigenvalue weighted by atomic mass is 16.6. The molecule has 1 N–H and O–H groups in total. The molecule has 0 unspecified atom stereocenters. The summed E-state index contributed by atoms with van der Waals surface area (Å²) in [6.45, 7) is 3.36. The van der Waals surface area contributed by atoms with Crippen LogP contribution in [-0.4, -0.2) is 23.1 Å². The van der Waals surface area contributed by atoms with Gasteiger partial charge in [-0.25, -0.2) is 0 Å². The fourth-order valence-electron chi connectivity index (χ4n) is 2.70. The van der Waals surface area contributed by atoms with Crippen molar-refractivity contribution < 1.29 is 10.0 Å². The van der Waals surface area contributed by atoms with E-state index in [-0.39, 0.29) is 10.6 Å². The molecule has 0 radical (unpaired) electrons. The summed E-state index contributed by atoms with van der Waals surface area (Å²) in [4.78, 5) is 13.1. The van der Waals surface area contributed by atoms with Crippen LogP contribution in [0.3, 0.4) is 0 Å². The quantitative estimate of drug-likeness (QED) is 0.679. The van der Waals surface area contributed by atoms with Gasteiger partial charge >= 0.3 is 0 Å². The molecule has 1 saturated heterocycles. The van der Waals surface area contributed by atoms with Crippen LogP contribution in [0, 0.1) is 10.1 Å². The van der Waals surface area contributed by atoms with E-state index < -0.39 is 6.10 Å². The number of nitro benzene ring substituents is 1. The molecule has 5 nitrogen and oxygen atoms in total. The van der Waals surface area contributed by atoms with Crippen LogP contribution in [-0.2, 0) is 0 Å². The Kier molecular flexibility index (Phi) is 4.95. The van der Waals surface area contributed by atoms with Gasteiger partial charge in [-0.2, -0.15) is 0 Å². The van der Waals surface area contributed by atoms with Gasteiger partial charge in [-0.05, 0) is 31.4 Å². The first-order valence-electron chi connectivity index (χ1n) is 7.31. The number of nitrogens with zero attached hydrogens (tertiary/aromatic N) is 2. The highest BCUT2D eigenvalue weighted by Gasteiger charge is 2.21. The van der Waals surface area contributed by atoms with Crippen molar-refractivity contribution in [2.45, 2.75) is 45.1 Å². The molecule has 1 atom stereocenters. The largest absolute Gasteiger partial charge is 0.389 e. The molecule has 1 aromatic rings. The second kappa shape index (κ2) is 6.70. The second-order valence-corrected chi connectivity index (χ2v) is 5.44. The third-order valence-corrected chi connectivity index (χ3v) is 3.88. The van der Waals surface area contributed by atoms with Gasteiger partial charge in [0.05, 0.1) is 11.0 Å². The van der Waals surface area contributed by atoms with Gasteiger partial charge in [0.15, 0.2) is 0 Å². The Bertz CT molecular complexity index is 466. The van der Waals surface area contributed by atoms with Crippen molar-refractivity contribution >= 4 is 11.4 Å². The normalized spacial score (nSPS) is 18.2. The number of nitro groups is 1. The third kappa shape index (κ3) is 3.48. The lowest BCUT2D eigenvalue weighted by Crippen LogP contribution is -2.27. The summed E-state index contributed by atoms with van der Waals surface area (Å²) < 4.78 is 0. The van der Waals surface area contributed by atoms with Crippen LogP contribution in [0.4, 0.5) is 11.4 Å². The topological polar surface area (TPSA) is 66.6 Å². The van der Waals surface area contributed by atoms with Gasteiger partial charge < -0.3 is 10.0 Å². The van der Waals surface area contributed by atoms with Crippen molar-refractivity contribution in [3.8, 4) is 0 Å². The summed E-state index contributed by atoms with van der Waals surface area (Å²) >= 11 is 0. The number of anilines is 1. The van der Waals surface area contributed by atoms with E-state index in [9.17, 15) is 15.2 Å². The maximum atomic E-state index is 11.3. The van der Waals surface area contributed by atoms with Crippen molar-refractivity contribution in [2.75, 3.05) is 18.0 Å². The van der Waals surface area contributed by atoms with Gasteiger partial charge in [0.2, 0.25) is 0 Å². The summed E-state index contributed by atoms with van der Waals surface area (Å²) in [6.07, 6.45) is 5.11. The van der Waals surface area contributed by atoms with Crippen LogP contribution in [0.2, 0.25) is 0 Å². The van der Waals surface area contributed by atoms with E-state index in [1.807, 2.05) is 0 Å². The van der Waals surface area contributed by atoms with Crippen LogP contribution >= 0.6 is 0 Å². The third-order valence-electron chi connectivity index (χ3n) is 3.88. The number of hydrogen-bond acceptors (Lipinski definition) is 4. The smallest absolute Gasteiger partial charge is 0.292 e. The lowest BCUT2D eigenvalue weighted by Gasteiger charge is -2.26.